The van der Waals surface area contributed by atoms with Crippen molar-refractivity contribution in [1.29, 1.82) is 0 Å². The number of rotatable bonds is 6. The molecule has 1 saturated heterocycles. The van der Waals surface area contributed by atoms with Crippen molar-refractivity contribution < 1.29 is 22.3 Å². The normalized spacial score (nSPS) is 17.5. The molecule has 1 aliphatic heterocycles. The van der Waals surface area contributed by atoms with Crippen molar-refractivity contribution >= 4 is 21.6 Å². The minimum atomic E-state index is -3.43. The number of halogens is 1. The number of anilines is 1. The Morgan fingerprint density at radius 2 is 1.96 bits per heavy atom. The first-order valence-corrected chi connectivity index (χ1v) is 9.97. The molecule has 1 atom stereocenters. The first-order valence-electron chi connectivity index (χ1n) is 8.08. The van der Waals surface area contributed by atoms with Crippen LogP contribution in [0.1, 0.15) is 12.0 Å². The van der Waals surface area contributed by atoms with Gasteiger partial charge >= 0.3 is 0 Å². The van der Waals surface area contributed by atoms with Crippen LogP contribution in [0.5, 0.6) is 5.75 Å². The average molecular weight is 378 g/mol. The SMILES string of the molecule is CS(=O)(=O)NC1CCN(c2ccc(OCc3cccc(F)c3)cc2)C1=O. The molecule has 0 radical (unpaired) electrons. The zero-order chi connectivity index (χ0) is 18.7. The van der Waals surface area contributed by atoms with Crippen molar-refractivity contribution in [3.63, 3.8) is 0 Å². The molecular weight excluding hydrogens is 359 g/mol. The van der Waals surface area contributed by atoms with E-state index in [1.54, 1.807) is 41.3 Å². The molecule has 2 aromatic carbocycles. The highest BCUT2D eigenvalue weighted by atomic mass is 32.2. The molecular formula is C18H19FN2O4S. The van der Waals surface area contributed by atoms with E-state index in [4.69, 9.17) is 4.74 Å². The molecule has 0 bridgehead atoms. The fourth-order valence-corrected chi connectivity index (χ4v) is 3.56. The zero-order valence-corrected chi connectivity index (χ0v) is 15.0. The first-order chi connectivity index (χ1) is 12.3. The molecule has 1 aliphatic rings. The van der Waals surface area contributed by atoms with Gasteiger partial charge in [-0.05, 0) is 48.4 Å². The topological polar surface area (TPSA) is 75.7 Å². The quantitative estimate of drug-likeness (QED) is 0.835. The molecule has 0 aliphatic carbocycles. The minimum Gasteiger partial charge on any atom is -0.489 e. The minimum absolute atomic E-state index is 0.236. The second kappa shape index (κ2) is 7.43. The predicted molar refractivity (Wildman–Crippen MR) is 95.9 cm³/mol. The van der Waals surface area contributed by atoms with Crippen LogP contribution in [-0.4, -0.2) is 33.2 Å². The number of sulfonamides is 1. The van der Waals surface area contributed by atoms with Crippen molar-refractivity contribution in [3.05, 3.63) is 59.9 Å². The lowest BCUT2D eigenvalue weighted by Crippen LogP contribution is -2.40. The molecule has 8 heteroatoms. The summed E-state index contributed by atoms with van der Waals surface area (Å²) in [6, 6.07) is 12.4. The molecule has 2 aromatic rings. The second-order valence-electron chi connectivity index (χ2n) is 6.13. The lowest BCUT2D eigenvalue weighted by molar-refractivity contribution is -0.118. The van der Waals surface area contributed by atoms with E-state index in [9.17, 15) is 17.6 Å². The highest BCUT2D eigenvalue weighted by Crippen LogP contribution is 2.25. The van der Waals surface area contributed by atoms with Crippen molar-refractivity contribution in [2.45, 2.75) is 19.1 Å². The lowest BCUT2D eigenvalue weighted by atomic mass is 10.2. The van der Waals surface area contributed by atoms with Crippen molar-refractivity contribution in [1.82, 2.24) is 4.72 Å². The van der Waals surface area contributed by atoms with Gasteiger partial charge in [-0.25, -0.2) is 17.5 Å². The Balaban J connectivity index is 1.62. The number of amides is 1. The summed E-state index contributed by atoms with van der Waals surface area (Å²) in [5, 5.41) is 0. The number of ether oxygens (including phenoxy) is 1. The Hall–Kier alpha value is -2.45. The standard InChI is InChI=1S/C18H19FN2O4S/c1-26(23,24)20-17-9-10-21(18(17)22)15-5-7-16(8-6-15)25-12-13-3-2-4-14(19)11-13/h2-8,11,17,20H,9-10,12H2,1H3. The van der Waals surface area contributed by atoms with Gasteiger partial charge < -0.3 is 9.64 Å². The molecule has 1 amide bonds. The Labute approximate surface area is 151 Å². The van der Waals surface area contributed by atoms with Crippen molar-refractivity contribution in [3.8, 4) is 5.75 Å². The van der Waals surface area contributed by atoms with Crippen molar-refractivity contribution in [2.75, 3.05) is 17.7 Å². The fourth-order valence-electron chi connectivity index (χ4n) is 2.82. The van der Waals surface area contributed by atoms with Gasteiger partial charge in [0, 0.05) is 12.2 Å². The van der Waals surface area contributed by atoms with Gasteiger partial charge in [-0.3, -0.25) is 4.79 Å². The molecule has 26 heavy (non-hydrogen) atoms. The maximum Gasteiger partial charge on any atom is 0.245 e. The lowest BCUT2D eigenvalue weighted by Gasteiger charge is -2.17. The van der Waals surface area contributed by atoms with E-state index >= 15 is 0 Å². The summed E-state index contributed by atoms with van der Waals surface area (Å²) < 4.78 is 43.7. The number of nitrogens with zero attached hydrogens (tertiary/aromatic N) is 1. The van der Waals surface area contributed by atoms with E-state index in [0.717, 1.165) is 11.8 Å². The molecule has 1 N–H and O–H groups in total. The first kappa shape index (κ1) is 18.3. The Kier molecular flexibility index (Phi) is 5.24. The summed E-state index contributed by atoms with van der Waals surface area (Å²) in [6.45, 7) is 0.676. The zero-order valence-electron chi connectivity index (χ0n) is 14.2. The molecule has 3 rings (SSSR count). The summed E-state index contributed by atoms with van der Waals surface area (Å²) >= 11 is 0. The number of benzene rings is 2. The molecule has 0 aromatic heterocycles. The van der Waals surface area contributed by atoms with Gasteiger partial charge in [0.1, 0.15) is 24.2 Å². The number of carbonyl (C=O) groups is 1. The molecule has 138 valence electrons. The van der Waals surface area contributed by atoms with Gasteiger partial charge in [0.05, 0.1) is 6.26 Å². The molecule has 0 spiro atoms. The Morgan fingerprint density at radius 1 is 1.23 bits per heavy atom. The summed E-state index contributed by atoms with van der Waals surface area (Å²) in [4.78, 5) is 13.9. The summed E-state index contributed by atoms with van der Waals surface area (Å²) in [6.07, 6.45) is 1.46. The van der Waals surface area contributed by atoms with Gasteiger partial charge in [-0.1, -0.05) is 12.1 Å². The monoisotopic (exact) mass is 378 g/mol. The largest absolute Gasteiger partial charge is 0.489 e. The maximum atomic E-state index is 13.2. The highest BCUT2D eigenvalue weighted by Gasteiger charge is 2.34. The molecule has 1 heterocycles. The number of hydrogen-bond acceptors (Lipinski definition) is 4. The number of hydrogen-bond donors (Lipinski definition) is 1. The third-order valence-electron chi connectivity index (χ3n) is 4.00. The molecule has 1 unspecified atom stereocenters. The number of nitrogens with one attached hydrogen (secondary N) is 1. The van der Waals surface area contributed by atoms with Gasteiger partial charge in [-0.15, -0.1) is 0 Å². The van der Waals surface area contributed by atoms with E-state index in [2.05, 4.69) is 4.72 Å². The third kappa shape index (κ3) is 4.59. The van der Waals surface area contributed by atoms with E-state index in [-0.39, 0.29) is 18.3 Å². The van der Waals surface area contributed by atoms with E-state index < -0.39 is 16.1 Å². The average Bonchev–Trinajstić information content (AvgIpc) is 2.93. The van der Waals surface area contributed by atoms with Crippen LogP contribution in [0.2, 0.25) is 0 Å². The summed E-state index contributed by atoms with van der Waals surface area (Å²) in [5.41, 5.74) is 1.39. The van der Waals surface area contributed by atoms with Crippen molar-refractivity contribution in [2.24, 2.45) is 0 Å². The fraction of sp³-hybridized carbons (Fsp3) is 0.278. The number of carbonyl (C=O) groups excluding carboxylic acids is 1. The van der Waals surface area contributed by atoms with Crippen LogP contribution >= 0.6 is 0 Å². The van der Waals surface area contributed by atoms with E-state index in [1.807, 2.05) is 0 Å². The molecule has 6 nitrogen and oxygen atoms in total. The van der Waals surface area contributed by atoms with Gasteiger partial charge in [0.15, 0.2) is 0 Å². The second-order valence-corrected chi connectivity index (χ2v) is 7.91. The van der Waals surface area contributed by atoms with Crippen LogP contribution in [0.3, 0.4) is 0 Å². The maximum absolute atomic E-state index is 13.2. The van der Waals surface area contributed by atoms with Crippen LogP contribution in [0, 0.1) is 5.82 Å². The van der Waals surface area contributed by atoms with Crippen LogP contribution in [-0.2, 0) is 21.4 Å². The predicted octanol–water partition coefficient (Wildman–Crippen LogP) is 2.06. The van der Waals surface area contributed by atoms with Gasteiger partial charge in [0.25, 0.3) is 0 Å². The third-order valence-corrected chi connectivity index (χ3v) is 4.72. The van der Waals surface area contributed by atoms with Crippen LogP contribution in [0.15, 0.2) is 48.5 Å². The molecule has 1 fully saturated rings. The van der Waals surface area contributed by atoms with Crippen LogP contribution in [0.25, 0.3) is 0 Å². The van der Waals surface area contributed by atoms with E-state index in [0.29, 0.717) is 24.4 Å². The Morgan fingerprint density at radius 3 is 2.62 bits per heavy atom. The van der Waals surface area contributed by atoms with E-state index in [1.165, 1.54) is 12.1 Å². The summed E-state index contributed by atoms with van der Waals surface area (Å²) in [7, 11) is -3.43. The Bertz CT molecular complexity index is 900. The van der Waals surface area contributed by atoms with Crippen LogP contribution < -0.4 is 14.4 Å². The van der Waals surface area contributed by atoms with Gasteiger partial charge in [-0.2, -0.15) is 0 Å². The van der Waals surface area contributed by atoms with Gasteiger partial charge in [0.2, 0.25) is 15.9 Å². The summed E-state index contributed by atoms with van der Waals surface area (Å²) in [5.74, 6) is 0.00516. The van der Waals surface area contributed by atoms with Crippen LogP contribution in [0.4, 0.5) is 10.1 Å². The highest BCUT2D eigenvalue weighted by molar-refractivity contribution is 7.88. The molecule has 0 saturated carbocycles. The smallest absolute Gasteiger partial charge is 0.245 e.